The van der Waals surface area contributed by atoms with Crippen molar-refractivity contribution in [1.82, 2.24) is 0 Å². The summed E-state index contributed by atoms with van der Waals surface area (Å²) in [6.45, 7) is 0.636. The van der Waals surface area contributed by atoms with E-state index in [2.05, 4.69) is 90.2 Å². The van der Waals surface area contributed by atoms with Gasteiger partial charge in [0, 0.05) is 16.9 Å². The van der Waals surface area contributed by atoms with E-state index in [1.54, 1.807) is 0 Å². The minimum absolute atomic E-state index is 0.636. The van der Waals surface area contributed by atoms with Gasteiger partial charge in [-0.05, 0) is 52.6 Å². The van der Waals surface area contributed by atoms with Gasteiger partial charge in [0.15, 0.2) is 0 Å². The van der Waals surface area contributed by atoms with Gasteiger partial charge in [0.05, 0.1) is 0 Å². The molecule has 130 valence electrons. The zero-order valence-corrected chi connectivity index (χ0v) is 14.9. The summed E-state index contributed by atoms with van der Waals surface area (Å²) < 4.78 is 5.89. The van der Waals surface area contributed by atoms with Crippen molar-refractivity contribution >= 4 is 11.4 Å². The number of hydrogen-bond donors (Lipinski definition) is 1. The monoisotopic (exact) mass is 349 g/mol. The van der Waals surface area contributed by atoms with E-state index in [1.165, 1.54) is 22.3 Å². The highest BCUT2D eigenvalue weighted by atomic mass is 16.5. The highest BCUT2D eigenvalue weighted by molar-refractivity contribution is 5.79. The number of nitrogens with one attached hydrogen (secondary N) is 1. The first-order valence-electron chi connectivity index (χ1n) is 9.14. The molecule has 0 radical (unpaired) electrons. The molecule has 0 atom stereocenters. The molecule has 1 aliphatic heterocycles. The highest BCUT2D eigenvalue weighted by Crippen LogP contribution is 2.39. The zero-order chi connectivity index (χ0) is 18.1. The van der Waals surface area contributed by atoms with E-state index in [4.69, 9.17) is 4.74 Å². The van der Waals surface area contributed by atoms with Crippen LogP contribution < -0.4 is 10.1 Å². The van der Waals surface area contributed by atoms with Crippen molar-refractivity contribution in [3.63, 3.8) is 0 Å². The minimum atomic E-state index is 0.636. The first-order chi connectivity index (χ1) is 13.4. The number of anilines is 2. The van der Waals surface area contributed by atoms with E-state index in [1.807, 2.05) is 12.1 Å². The van der Waals surface area contributed by atoms with Crippen molar-refractivity contribution in [2.45, 2.75) is 6.61 Å². The van der Waals surface area contributed by atoms with E-state index in [0.717, 1.165) is 22.7 Å². The molecule has 0 unspecified atom stereocenters. The van der Waals surface area contributed by atoms with E-state index in [9.17, 15) is 0 Å². The van der Waals surface area contributed by atoms with Gasteiger partial charge >= 0.3 is 0 Å². The van der Waals surface area contributed by atoms with Gasteiger partial charge in [0.1, 0.15) is 12.4 Å². The number of hydrogen-bond acceptors (Lipinski definition) is 2. The average molecular weight is 349 g/mol. The minimum Gasteiger partial charge on any atom is -0.488 e. The second-order valence-corrected chi connectivity index (χ2v) is 6.73. The van der Waals surface area contributed by atoms with Gasteiger partial charge < -0.3 is 10.1 Å². The Morgan fingerprint density at radius 3 is 2.15 bits per heavy atom. The molecule has 2 nitrogen and oxygen atoms in total. The lowest BCUT2D eigenvalue weighted by Crippen LogP contribution is -2.05. The highest BCUT2D eigenvalue weighted by Gasteiger charge is 2.16. The molecule has 0 aliphatic carbocycles. The Bertz CT molecular complexity index is 1080. The first kappa shape index (κ1) is 15.7. The average Bonchev–Trinajstić information content (AvgIpc) is 2.75. The molecule has 0 spiro atoms. The maximum atomic E-state index is 5.89. The van der Waals surface area contributed by atoms with Crippen LogP contribution in [0.5, 0.6) is 5.75 Å². The van der Waals surface area contributed by atoms with Crippen molar-refractivity contribution in [2.24, 2.45) is 0 Å². The molecule has 27 heavy (non-hydrogen) atoms. The summed E-state index contributed by atoms with van der Waals surface area (Å²) in [5.41, 5.74) is 8.20. The Balaban J connectivity index is 1.42. The van der Waals surface area contributed by atoms with Gasteiger partial charge in [-0.2, -0.15) is 0 Å². The second-order valence-electron chi connectivity index (χ2n) is 6.73. The van der Waals surface area contributed by atoms with E-state index in [0.29, 0.717) is 6.61 Å². The van der Waals surface area contributed by atoms with Crippen molar-refractivity contribution in [2.75, 3.05) is 5.32 Å². The topological polar surface area (TPSA) is 21.3 Å². The van der Waals surface area contributed by atoms with Crippen LogP contribution in [-0.2, 0) is 6.61 Å². The van der Waals surface area contributed by atoms with Gasteiger partial charge in [-0.1, -0.05) is 66.7 Å². The fraction of sp³-hybridized carbons (Fsp3) is 0.0400. The Morgan fingerprint density at radius 1 is 0.593 bits per heavy atom. The van der Waals surface area contributed by atoms with Crippen molar-refractivity contribution in [3.8, 4) is 28.0 Å². The Hall–Kier alpha value is -3.52. The molecule has 5 rings (SSSR count). The van der Waals surface area contributed by atoms with Crippen LogP contribution in [0, 0.1) is 0 Å². The van der Waals surface area contributed by atoms with Gasteiger partial charge in [-0.15, -0.1) is 0 Å². The lowest BCUT2D eigenvalue weighted by Gasteiger charge is -2.21. The third kappa shape index (κ3) is 3.06. The van der Waals surface area contributed by atoms with Gasteiger partial charge in [-0.3, -0.25) is 0 Å². The van der Waals surface area contributed by atoms with Gasteiger partial charge in [0.2, 0.25) is 0 Å². The molecule has 4 aromatic rings. The number of benzene rings is 4. The van der Waals surface area contributed by atoms with Crippen molar-refractivity contribution in [3.05, 3.63) is 103 Å². The third-order valence-corrected chi connectivity index (χ3v) is 4.95. The van der Waals surface area contributed by atoms with Crippen LogP contribution >= 0.6 is 0 Å². The summed E-state index contributed by atoms with van der Waals surface area (Å²) in [6.07, 6.45) is 0. The SMILES string of the molecule is c1ccc(-c2ccc(Nc3ccc4c(c3)-c3ccccc3CO4)cc2)cc1. The third-order valence-electron chi connectivity index (χ3n) is 4.95. The molecule has 1 N–H and O–H groups in total. The predicted molar refractivity (Wildman–Crippen MR) is 111 cm³/mol. The normalized spacial score (nSPS) is 11.9. The maximum Gasteiger partial charge on any atom is 0.127 e. The summed E-state index contributed by atoms with van der Waals surface area (Å²) in [7, 11) is 0. The molecular weight excluding hydrogens is 330 g/mol. The van der Waals surface area contributed by atoms with Crippen LogP contribution in [0.1, 0.15) is 5.56 Å². The van der Waals surface area contributed by atoms with Crippen molar-refractivity contribution in [1.29, 1.82) is 0 Å². The molecule has 0 saturated heterocycles. The fourth-order valence-corrected chi connectivity index (χ4v) is 3.55. The van der Waals surface area contributed by atoms with Crippen LogP contribution in [0.4, 0.5) is 11.4 Å². The number of fused-ring (bicyclic) bond motifs is 3. The molecule has 0 bridgehead atoms. The summed E-state index contributed by atoms with van der Waals surface area (Å²) >= 11 is 0. The van der Waals surface area contributed by atoms with Crippen LogP contribution in [-0.4, -0.2) is 0 Å². The van der Waals surface area contributed by atoms with Crippen molar-refractivity contribution < 1.29 is 4.74 Å². The molecular formula is C25H19NO. The lowest BCUT2D eigenvalue weighted by atomic mass is 9.96. The Morgan fingerprint density at radius 2 is 1.30 bits per heavy atom. The lowest BCUT2D eigenvalue weighted by molar-refractivity contribution is 0.302. The molecule has 0 aromatic heterocycles. The standard InChI is InChI=1S/C25H19NO/c1-2-6-18(7-3-1)19-10-12-21(13-11-19)26-22-14-15-25-24(16-22)23-9-5-4-8-20(23)17-27-25/h1-16,26H,17H2. The molecule has 0 saturated carbocycles. The van der Waals surface area contributed by atoms with E-state index >= 15 is 0 Å². The zero-order valence-electron chi connectivity index (χ0n) is 14.9. The number of ether oxygens (including phenoxy) is 1. The van der Waals surface area contributed by atoms with E-state index < -0.39 is 0 Å². The fourth-order valence-electron chi connectivity index (χ4n) is 3.55. The molecule has 0 fully saturated rings. The summed E-state index contributed by atoms with van der Waals surface area (Å²) in [6, 6.07) is 33.7. The molecule has 4 aromatic carbocycles. The molecule has 1 aliphatic rings. The molecule has 2 heteroatoms. The number of rotatable bonds is 3. The van der Waals surface area contributed by atoms with Crippen LogP contribution in [0.2, 0.25) is 0 Å². The molecule has 1 heterocycles. The van der Waals surface area contributed by atoms with Crippen LogP contribution in [0.15, 0.2) is 97.1 Å². The van der Waals surface area contributed by atoms with E-state index in [-0.39, 0.29) is 0 Å². The Labute approximate surface area is 159 Å². The largest absolute Gasteiger partial charge is 0.488 e. The quantitative estimate of drug-likeness (QED) is 0.447. The summed E-state index contributed by atoms with van der Waals surface area (Å²) in [5.74, 6) is 0.943. The summed E-state index contributed by atoms with van der Waals surface area (Å²) in [5, 5.41) is 3.51. The Kier molecular flexibility index (Phi) is 3.87. The van der Waals surface area contributed by atoms with Gasteiger partial charge in [-0.25, -0.2) is 0 Å². The first-order valence-corrected chi connectivity index (χ1v) is 9.14. The van der Waals surface area contributed by atoms with Crippen LogP contribution in [0.25, 0.3) is 22.3 Å². The summed E-state index contributed by atoms with van der Waals surface area (Å²) in [4.78, 5) is 0. The molecule has 0 amide bonds. The maximum absolute atomic E-state index is 5.89. The van der Waals surface area contributed by atoms with Gasteiger partial charge in [0.25, 0.3) is 0 Å². The predicted octanol–water partition coefficient (Wildman–Crippen LogP) is 6.66. The second kappa shape index (κ2) is 6.65. The smallest absolute Gasteiger partial charge is 0.127 e. The van der Waals surface area contributed by atoms with Crippen LogP contribution in [0.3, 0.4) is 0 Å².